The molecule has 1 fully saturated rings. The predicted octanol–water partition coefficient (Wildman–Crippen LogP) is 8.59. The van der Waals surface area contributed by atoms with Crippen molar-refractivity contribution in [3.8, 4) is 17.2 Å². The maximum absolute atomic E-state index is 13.6. The van der Waals surface area contributed by atoms with Crippen LogP contribution < -0.4 is 9.47 Å². The Balaban J connectivity index is 1.54. The van der Waals surface area contributed by atoms with E-state index in [2.05, 4.69) is 42.1 Å². The first-order chi connectivity index (χ1) is 26.4. The summed E-state index contributed by atoms with van der Waals surface area (Å²) < 4.78 is 26.1. The van der Waals surface area contributed by atoms with Crippen molar-refractivity contribution in [2.45, 2.75) is 69.6 Å². The van der Waals surface area contributed by atoms with Crippen LogP contribution in [0.2, 0.25) is 0 Å². The maximum Gasteiger partial charge on any atom is 0.410 e. The van der Waals surface area contributed by atoms with Crippen LogP contribution in [0, 0.1) is 17.8 Å². The van der Waals surface area contributed by atoms with Crippen molar-refractivity contribution in [2.75, 3.05) is 46.0 Å². The Bertz CT molecular complexity index is 1810. The maximum atomic E-state index is 13.6. The lowest BCUT2D eigenvalue weighted by Gasteiger charge is -2.59. The van der Waals surface area contributed by atoms with E-state index in [4.69, 9.17) is 35.4 Å². The highest BCUT2D eigenvalue weighted by Crippen LogP contribution is 2.62. The first-order valence-corrected chi connectivity index (χ1v) is 19.7. The van der Waals surface area contributed by atoms with E-state index in [1.807, 2.05) is 43.3 Å². The number of unbranched alkanes of at least 4 members (excludes halogenated alkanes) is 2. The largest absolute Gasteiger partial charge is 0.459 e. The lowest BCUT2D eigenvalue weighted by atomic mass is 9.55. The first kappa shape index (κ1) is 39.6. The number of hydrogen-bond acceptors (Lipinski definition) is 9. The summed E-state index contributed by atoms with van der Waals surface area (Å²) in [7, 11) is 1.70. The summed E-state index contributed by atoms with van der Waals surface area (Å²) in [5, 5.41) is 26.5. The zero-order chi connectivity index (χ0) is 38.1. The van der Waals surface area contributed by atoms with E-state index in [1.165, 1.54) is 0 Å². The Morgan fingerprint density at radius 2 is 1.78 bits per heavy atom. The molecule has 2 N–H and O–H groups in total. The molecule has 6 rings (SSSR count). The Labute approximate surface area is 323 Å². The molecule has 11 heteroatoms. The van der Waals surface area contributed by atoms with Gasteiger partial charge in [0.2, 0.25) is 5.79 Å². The zero-order valence-corrected chi connectivity index (χ0v) is 32.1. The average Bonchev–Trinajstić information content (AvgIpc) is 3.19. The van der Waals surface area contributed by atoms with Gasteiger partial charge in [0, 0.05) is 38.2 Å². The van der Waals surface area contributed by atoms with E-state index in [0.29, 0.717) is 30.9 Å². The number of carbonyl (C=O) groups is 1. The van der Waals surface area contributed by atoms with Gasteiger partial charge in [0.25, 0.3) is 0 Å². The van der Waals surface area contributed by atoms with Crippen molar-refractivity contribution in [3.63, 3.8) is 0 Å². The average molecular weight is 761 g/mol. The molecule has 54 heavy (non-hydrogen) atoms. The molecule has 0 saturated heterocycles. The lowest BCUT2D eigenvalue weighted by molar-refractivity contribution is -0.253. The molecular weight excluding hydrogens is 708 g/mol. The number of hydrogen-bond donors (Lipinski definition) is 2. The van der Waals surface area contributed by atoms with E-state index in [1.54, 1.807) is 18.0 Å². The van der Waals surface area contributed by atoms with Crippen LogP contribution in [0.25, 0.3) is 10.8 Å². The molecule has 1 amide bonds. The van der Waals surface area contributed by atoms with Crippen LogP contribution in [-0.2, 0) is 14.3 Å². The minimum atomic E-state index is -1.36. The number of benzene rings is 3. The molecule has 10 nitrogen and oxygen atoms in total. The molecule has 1 heterocycles. The van der Waals surface area contributed by atoms with Gasteiger partial charge in [0.15, 0.2) is 0 Å². The standard InChI is InChI=1S/C43H53ClN2O8/c1-4-23-51-43-39(46(3)42(49)50-24-20-44)28-37(45-52-5-2)35-26-31(14-8-10-21-47)34(15-9-11-22-48)40(41(35)43)36-27-33(18-19-38(36)54-43)53-32-17-16-29-12-6-7-13-30(29)25-32/h4,6-7,12-13,16-19,25-27,31,34,39-41,47-48H,1,5,8-11,14-15,20-24,28H2,2-3H3. The molecule has 3 aliphatic rings. The van der Waals surface area contributed by atoms with Crippen molar-refractivity contribution >= 4 is 34.2 Å². The van der Waals surface area contributed by atoms with E-state index < -0.39 is 23.8 Å². The van der Waals surface area contributed by atoms with Crippen LogP contribution >= 0.6 is 11.6 Å². The first-order valence-electron chi connectivity index (χ1n) is 19.2. The van der Waals surface area contributed by atoms with Crippen molar-refractivity contribution in [2.24, 2.45) is 22.9 Å². The summed E-state index contributed by atoms with van der Waals surface area (Å²) in [5.74, 6) is 0.470. The molecule has 1 aliphatic heterocycles. The summed E-state index contributed by atoms with van der Waals surface area (Å²) in [6.07, 6.45) is 8.48. The fraction of sp³-hybridized carbons (Fsp3) is 0.488. The third-order valence-electron chi connectivity index (χ3n) is 11.0. The Morgan fingerprint density at radius 1 is 1.04 bits per heavy atom. The van der Waals surface area contributed by atoms with Crippen LogP contribution in [0.3, 0.4) is 0 Å². The fourth-order valence-electron chi connectivity index (χ4n) is 8.66. The second-order valence-corrected chi connectivity index (χ2v) is 14.6. The second-order valence-electron chi connectivity index (χ2n) is 14.2. The van der Waals surface area contributed by atoms with Gasteiger partial charge < -0.3 is 38.9 Å². The van der Waals surface area contributed by atoms with Crippen LogP contribution in [-0.4, -0.2) is 84.7 Å². The number of likely N-dealkylation sites (N-methyl/N-ethyl adjacent to an activating group) is 1. The molecule has 6 unspecified atom stereocenters. The SMILES string of the molecule is C=CCOC12Oc3ccc(Oc4ccc5ccccc5c4)cc3C3C(CCCCO)C(CCCCO)C=C(C(=NOCC)CC1N(C)C(=O)OCCCl)C32. The number of fused-ring (bicyclic) bond motifs is 3. The minimum Gasteiger partial charge on any atom is -0.459 e. The van der Waals surface area contributed by atoms with E-state index in [9.17, 15) is 15.0 Å². The van der Waals surface area contributed by atoms with Gasteiger partial charge in [-0.1, -0.05) is 60.5 Å². The number of alkyl halides is 1. The molecule has 0 radical (unpaired) electrons. The smallest absolute Gasteiger partial charge is 0.410 e. The molecule has 1 saturated carbocycles. The molecule has 0 aromatic heterocycles. The number of ether oxygens (including phenoxy) is 4. The number of amides is 1. The monoisotopic (exact) mass is 760 g/mol. The quantitative estimate of drug-likeness (QED) is 0.0573. The Kier molecular flexibility index (Phi) is 13.6. The number of allylic oxidation sites excluding steroid dienone is 1. The second kappa shape index (κ2) is 18.5. The molecule has 0 spiro atoms. The molecule has 6 atom stereocenters. The summed E-state index contributed by atoms with van der Waals surface area (Å²) in [6, 6.07) is 19.5. The topological polar surface area (TPSA) is 119 Å². The Morgan fingerprint density at radius 3 is 2.52 bits per heavy atom. The van der Waals surface area contributed by atoms with Gasteiger partial charge >= 0.3 is 6.09 Å². The number of aliphatic hydroxyl groups excluding tert-OH is 2. The highest BCUT2D eigenvalue weighted by molar-refractivity contribution is 6.18. The molecule has 2 aliphatic carbocycles. The molecule has 3 aromatic carbocycles. The van der Waals surface area contributed by atoms with Gasteiger partial charge in [-0.25, -0.2) is 4.79 Å². The van der Waals surface area contributed by atoms with Gasteiger partial charge in [-0.05, 0) is 91.1 Å². The molecule has 0 bridgehead atoms. The van der Waals surface area contributed by atoms with E-state index in [-0.39, 0.29) is 56.5 Å². The van der Waals surface area contributed by atoms with Crippen molar-refractivity contribution in [1.82, 2.24) is 4.90 Å². The number of rotatable bonds is 18. The Hall–Kier alpha value is -4.09. The summed E-state index contributed by atoms with van der Waals surface area (Å²) >= 11 is 5.92. The number of aliphatic hydroxyl groups is 2. The normalized spacial score (nSPS) is 24.9. The lowest BCUT2D eigenvalue weighted by Crippen LogP contribution is -2.69. The van der Waals surface area contributed by atoms with E-state index in [0.717, 1.165) is 59.1 Å². The number of carbonyl (C=O) groups excluding carboxylic acids is 1. The van der Waals surface area contributed by atoms with Gasteiger partial charge in [0.1, 0.15) is 36.5 Å². The van der Waals surface area contributed by atoms with Crippen LogP contribution in [0.4, 0.5) is 4.79 Å². The van der Waals surface area contributed by atoms with Crippen LogP contribution in [0.1, 0.15) is 63.4 Å². The molecular formula is C43H53ClN2O8. The van der Waals surface area contributed by atoms with Crippen LogP contribution in [0.5, 0.6) is 17.2 Å². The van der Waals surface area contributed by atoms with Gasteiger partial charge in [-0.2, -0.15) is 0 Å². The highest BCUT2D eigenvalue weighted by Gasteiger charge is 2.65. The van der Waals surface area contributed by atoms with Crippen LogP contribution in [0.15, 0.2) is 90.1 Å². The minimum absolute atomic E-state index is 0.0567. The molecule has 3 aromatic rings. The number of halogens is 1. The van der Waals surface area contributed by atoms with Gasteiger partial charge in [-0.3, -0.25) is 0 Å². The van der Waals surface area contributed by atoms with Crippen molar-refractivity contribution in [3.05, 3.63) is 90.5 Å². The third kappa shape index (κ3) is 8.27. The van der Waals surface area contributed by atoms with Crippen molar-refractivity contribution < 1.29 is 38.8 Å². The number of oxime groups is 1. The highest BCUT2D eigenvalue weighted by atomic mass is 35.5. The number of nitrogens with zero attached hydrogens (tertiary/aromatic N) is 2. The molecule has 290 valence electrons. The third-order valence-corrected chi connectivity index (χ3v) is 11.1. The summed E-state index contributed by atoms with van der Waals surface area (Å²) in [6.45, 7) is 6.69. The van der Waals surface area contributed by atoms with Gasteiger partial charge in [-0.15, -0.1) is 18.2 Å². The van der Waals surface area contributed by atoms with E-state index >= 15 is 0 Å². The summed E-state index contributed by atoms with van der Waals surface area (Å²) in [4.78, 5) is 20.9. The predicted molar refractivity (Wildman–Crippen MR) is 210 cm³/mol. The summed E-state index contributed by atoms with van der Waals surface area (Å²) in [5.41, 5.74) is 2.67. The van der Waals surface area contributed by atoms with Gasteiger partial charge in [0.05, 0.1) is 24.1 Å². The van der Waals surface area contributed by atoms with Crippen molar-refractivity contribution in [1.29, 1.82) is 0 Å². The zero-order valence-electron chi connectivity index (χ0n) is 31.3. The fourth-order valence-corrected chi connectivity index (χ4v) is 8.73.